The second-order valence-electron chi connectivity index (χ2n) is 6.63. The van der Waals surface area contributed by atoms with Gasteiger partial charge in [-0.15, -0.1) is 0 Å². The topological polar surface area (TPSA) is 109 Å². The summed E-state index contributed by atoms with van der Waals surface area (Å²) < 4.78 is 23.4. The van der Waals surface area contributed by atoms with E-state index in [1.54, 1.807) is 35.3 Å². The molecule has 0 spiro atoms. The minimum atomic E-state index is -0.924. The number of rotatable bonds is 24. The third kappa shape index (κ3) is 26.2. The number of hydrogen-bond acceptors (Lipinski definition) is 11. The van der Waals surface area contributed by atoms with Crippen molar-refractivity contribution in [3.8, 4) is 0 Å². The molecule has 0 aliphatic rings. The van der Waals surface area contributed by atoms with Gasteiger partial charge in [0.1, 0.15) is 0 Å². The fraction of sp³-hybridized carbons (Fsp3) is 0.900. The highest BCUT2D eigenvalue weighted by molar-refractivity contribution is 8.14. The summed E-state index contributed by atoms with van der Waals surface area (Å²) in [7, 11) is -1.73. The lowest BCUT2D eigenvalue weighted by molar-refractivity contribution is -0.111. The molecule has 0 aromatic carbocycles. The lowest BCUT2D eigenvalue weighted by atomic mass is 10.5. The van der Waals surface area contributed by atoms with Crippen LogP contribution in [-0.2, 0) is 31.2 Å². The van der Waals surface area contributed by atoms with Crippen molar-refractivity contribution in [2.75, 3.05) is 82.2 Å². The first-order chi connectivity index (χ1) is 16.0. The van der Waals surface area contributed by atoms with E-state index in [2.05, 4.69) is 0 Å². The Bertz CT molecular complexity index is 551. The first-order valence-electron chi connectivity index (χ1n) is 11.0. The van der Waals surface area contributed by atoms with E-state index >= 15 is 0 Å². The molecule has 0 rings (SSSR count). The molecule has 2 unspecified atom stereocenters. The molecule has 0 saturated carbocycles. The van der Waals surface area contributed by atoms with Crippen LogP contribution >= 0.6 is 58.8 Å². The minimum absolute atomic E-state index is 0.0284. The van der Waals surface area contributed by atoms with Gasteiger partial charge in [-0.2, -0.15) is 35.3 Å². The number of carbonyl (C=O) groups excluding carboxylic acids is 2. The normalized spacial score (nSPS) is 13.2. The molecule has 2 atom stereocenters. The van der Waals surface area contributed by atoms with Gasteiger partial charge in [-0.25, -0.2) is 0 Å². The Morgan fingerprint density at radius 1 is 0.545 bits per heavy atom. The molecule has 0 aromatic rings. The molecule has 0 aromatic heterocycles. The van der Waals surface area contributed by atoms with Gasteiger partial charge in [0, 0.05) is 92.0 Å². The van der Waals surface area contributed by atoms with Gasteiger partial charge < -0.3 is 10.2 Å². The lowest BCUT2D eigenvalue weighted by Crippen LogP contribution is -2.07. The van der Waals surface area contributed by atoms with Crippen LogP contribution in [0.1, 0.15) is 25.7 Å². The average molecular weight is 599 g/mol. The van der Waals surface area contributed by atoms with E-state index in [9.17, 15) is 18.0 Å². The predicted octanol–water partition coefficient (Wildman–Crippen LogP) is 2.75. The van der Waals surface area contributed by atoms with Crippen molar-refractivity contribution in [3.63, 3.8) is 0 Å². The molecule has 0 bridgehead atoms. The fourth-order valence-corrected chi connectivity index (χ4v) is 9.43. The van der Waals surface area contributed by atoms with E-state index < -0.39 is 21.6 Å². The fourth-order valence-electron chi connectivity index (χ4n) is 2.24. The summed E-state index contributed by atoms with van der Waals surface area (Å²) in [6.07, 6.45) is 2.81. The second-order valence-corrected chi connectivity index (χ2v) is 16.0. The van der Waals surface area contributed by atoms with Crippen LogP contribution in [0.4, 0.5) is 0 Å². The van der Waals surface area contributed by atoms with Crippen molar-refractivity contribution in [1.82, 2.24) is 0 Å². The smallest absolute Gasteiger partial charge is 0.189 e. The van der Waals surface area contributed by atoms with Gasteiger partial charge in [0.05, 0.1) is 13.2 Å². The molecule has 2 N–H and O–H groups in total. The van der Waals surface area contributed by atoms with Gasteiger partial charge in [-0.1, -0.05) is 23.5 Å². The van der Waals surface area contributed by atoms with Crippen LogP contribution in [0, 0.1) is 0 Å². The summed E-state index contributed by atoms with van der Waals surface area (Å²) >= 11 is 7.72. The van der Waals surface area contributed by atoms with E-state index in [0.717, 1.165) is 53.1 Å². The van der Waals surface area contributed by atoms with Gasteiger partial charge in [0.15, 0.2) is 10.2 Å². The van der Waals surface area contributed by atoms with Crippen LogP contribution in [0.3, 0.4) is 0 Å². The first-order valence-corrected chi connectivity index (χ1v) is 19.4. The Hall–Kier alpha value is 1.31. The van der Waals surface area contributed by atoms with Gasteiger partial charge in [0.2, 0.25) is 0 Å². The Balaban J connectivity index is 3.39. The number of hydrogen-bond donors (Lipinski definition) is 2. The van der Waals surface area contributed by atoms with Gasteiger partial charge in [-0.3, -0.25) is 18.0 Å². The van der Waals surface area contributed by atoms with Crippen LogP contribution in [0.15, 0.2) is 0 Å². The maximum Gasteiger partial charge on any atom is 0.189 e. The lowest BCUT2D eigenvalue weighted by Gasteiger charge is -2.04. The molecule has 13 heteroatoms. The van der Waals surface area contributed by atoms with Crippen molar-refractivity contribution in [1.29, 1.82) is 0 Å². The monoisotopic (exact) mass is 598 g/mol. The molecular weight excluding hydrogens is 561 g/mol. The van der Waals surface area contributed by atoms with Crippen LogP contribution in [-0.4, -0.2) is 111 Å². The van der Waals surface area contributed by atoms with E-state index in [1.165, 1.54) is 23.5 Å². The van der Waals surface area contributed by atoms with Gasteiger partial charge >= 0.3 is 0 Å². The van der Waals surface area contributed by atoms with Crippen molar-refractivity contribution in [2.45, 2.75) is 25.7 Å². The molecule has 0 radical (unpaired) electrons. The van der Waals surface area contributed by atoms with Crippen molar-refractivity contribution in [3.05, 3.63) is 0 Å². The van der Waals surface area contributed by atoms with Crippen molar-refractivity contribution < 1.29 is 28.2 Å². The summed E-state index contributed by atoms with van der Waals surface area (Å²) in [5.74, 6) is 8.71. The Morgan fingerprint density at radius 2 is 1.06 bits per heavy atom. The standard InChI is InChI=1S/C20H38O6S7/c21-5-11-30-19(23)3-9-28-8-2-16-33(26)18-14-29-12-13-31-20(24)4-10-27-7-1-15-32(25)17-6-22/h21-22H,1-18H2. The highest BCUT2D eigenvalue weighted by Gasteiger charge is 2.06. The van der Waals surface area contributed by atoms with E-state index in [-0.39, 0.29) is 23.4 Å². The van der Waals surface area contributed by atoms with Crippen LogP contribution in [0.25, 0.3) is 0 Å². The molecule has 33 heavy (non-hydrogen) atoms. The Morgan fingerprint density at radius 3 is 1.61 bits per heavy atom. The number of thioether (sulfide) groups is 5. The molecule has 0 aliphatic carbocycles. The first kappa shape index (κ1) is 34.3. The minimum Gasteiger partial charge on any atom is -0.396 e. The number of aliphatic hydroxyl groups excluding tert-OH is 2. The second kappa shape index (κ2) is 26.4. The number of carbonyl (C=O) groups is 2. The average Bonchev–Trinajstić information content (AvgIpc) is 2.79. The summed E-state index contributed by atoms with van der Waals surface area (Å²) in [4.78, 5) is 23.3. The zero-order valence-corrected chi connectivity index (χ0v) is 24.8. The molecule has 0 fully saturated rings. The largest absolute Gasteiger partial charge is 0.396 e. The molecule has 0 aliphatic heterocycles. The van der Waals surface area contributed by atoms with Crippen LogP contribution in [0.2, 0.25) is 0 Å². The Labute approximate surface area is 225 Å². The molecule has 6 nitrogen and oxygen atoms in total. The summed E-state index contributed by atoms with van der Waals surface area (Å²) in [6.45, 7) is 0.00366. The number of aliphatic hydroxyl groups is 2. The summed E-state index contributed by atoms with van der Waals surface area (Å²) in [6, 6.07) is 0. The highest BCUT2D eigenvalue weighted by atomic mass is 32.2. The van der Waals surface area contributed by atoms with Gasteiger partial charge in [-0.05, 0) is 24.3 Å². The third-order valence-electron chi connectivity index (χ3n) is 3.84. The Kier molecular flexibility index (Phi) is 27.4. The molecular formula is C20H38O6S7. The SMILES string of the molecule is O=C(CCSCCCS(=O)CCSCCSC(=O)CCSCCCS(=O)CCO)SCCO. The summed E-state index contributed by atoms with van der Waals surface area (Å²) in [5.41, 5.74) is 0. The zero-order chi connectivity index (χ0) is 24.6. The zero-order valence-electron chi connectivity index (χ0n) is 19.1. The van der Waals surface area contributed by atoms with Crippen molar-refractivity contribution in [2.24, 2.45) is 0 Å². The maximum absolute atomic E-state index is 12.0. The van der Waals surface area contributed by atoms with E-state index in [4.69, 9.17) is 10.2 Å². The van der Waals surface area contributed by atoms with Gasteiger partial charge in [0.25, 0.3) is 0 Å². The van der Waals surface area contributed by atoms with E-state index in [1.807, 2.05) is 0 Å². The maximum atomic E-state index is 12.0. The predicted molar refractivity (Wildman–Crippen MR) is 155 cm³/mol. The van der Waals surface area contributed by atoms with Crippen LogP contribution in [0.5, 0.6) is 0 Å². The third-order valence-corrected chi connectivity index (χ3v) is 12.1. The molecule has 0 amide bonds. The molecule has 0 heterocycles. The highest BCUT2D eigenvalue weighted by Crippen LogP contribution is 2.14. The van der Waals surface area contributed by atoms with E-state index in [0.29, 0.717) is 41.6 Å². The quantitative estimate of drug-likeness (QED) is 0.160. The van der Waals surface area contributed by atoms with Crippen LogP contribution < -0.4 is 0 Å². The molecule has 196 valence electrons. The summed E-state index contributed by atoms with van der Waals surface area (Å²) in [5, 5.41) is 17.7. The van der Waals surface area contributed by atoms with Crippen molar-refractivity contribution >= 4 is 90.6 Å². The molecule has 0 saturated heterocycles.